The van der Waals surface area contributed by atoms with E-state index >= 15 is 0 Å². The summed E-state index contributed by atoms with van der Waals surface area (Å²) < 4.78 is 38.2. The summed E-state index contributed by atoms with van der Waals surface area (Å²) in [4.78, 5) is 0. The molecule has 0 aliphatic heterocycles. The van der Waals surface area contributed by atoms with Crippen LogP contribution in [0.25, 0.3) is 11.1 Å². The van der Waals surface area contributed by atoms with Crippen LogP contribution in [0.4, 0.5) is 13.2 Å². The monoisotopic (exact) mass is 382 g/mol. The van der Waals surface area contributed by atoms with Gasteiger partial charge in [-0.25, -0.2) is 0 Å². The van der Waals surface area contributed by atoms with Crippen LogP contribution in [0.15, 0.2) is 42.5 Å². The van der Waals surface area contributed by atoms with Crippen molar-refractivity contribution in [3.63, 3.8) is 0 Å². The first-order chi connectivity index (χ1) is 8.38. The Hall–Kier alpha value is -0.750. The lowest BCUT2D eigenvalue weighted by atomic mass is 10.0. The van der Waals surface area contributed by atoms with E-state index in [1.165, 1.54) is 12.1 Å². The van der Waals surface area contributed by atoms with Crippen molar-refractivity contribution in [1.82, 2.24) is 0 Å². The van der Waals surface area contributed by atoms with Crippen LogP contribution in [-0.4, -0.2) is 0 Å². The van der Waals surface area contributed by atoms with Gasteiger partial charge >= 0.3 is 6.18 Å². The van der Waals surface area contributed by atoms with Crippen molar-refractivity contribution < 1.29 is 13.2 Å². The van der Waals surface area contributed by atoms with Gasteiger partial charge in [0, 0.05) is 3.57 Å². The quantitative estimate of drug-likeness (QED) is 0.561. The third kappa shape index (κ3) is 2.98. The van der Waals surface area contributed by atoms with E-state index in [9.17, 15) is 13.2 Å². The standard InChI is InChI=1S/C13H7ClF3I/c14-11-7-9(3-6-12(11)18)8-1-4-10(5-2-8)13(15,16)17/h1-7H. The van der Waals surface area contributed by atoms with Crippen LogP contribution in [0.5, 0.6) is 0 Å². The van der Waals surface area contributed by atoms with Crippen molar-refractivity contribution in [2.24, 2.45) is 0 Å². The third-order valence-electron chi connectivity index (χ3n) is 2.47. The number of hydrogen-bond donors (Lipinski definition) is 0. The Morgan fingerprint density at radius 2 is 1.44 bits per heavy atom. The fourth-order valence-electron chi connectivity index (χ4n) is 1.53. The average Bonchev–Trinajstić information content (AvgIpc) is 2.32. The first-order valence-corrected chi connectivity index (χ1v) is 6.46. The molecule has 0 N–H and O–H groups in total. The highest BCUT2D eigenvalue weighted by Crippen LogP contribution is 2.32. The molecule has 0 radical (unpaired) electrons. The highest BCUT2D eigenvalue weighted by atomic mass is 127. The SMILES string of the molecule is FC(F)(F)c1ccc(-c2ccc(I)c(Cl)c2)cc1. The van der Waals surface area contributed by atoms with Gasteiger partial charge in [-0.1, -0.05) is 29.8 Å². The molecule has 18 heavy (non-hydrogen) atoms. The van der Waals surface area contributed by atoms with Crippen molar-refractivity contribution in [2.75, 3.05) is 0 Å². The molecular formula is C13H7ClF3I. The molecule has 2 rings (SSSR count). The number of hydrogen-bond acceptors (Lipinski definition) is 0. The van der Waals surface area contributed by atoms with E-state index in [4.69, 9.17) is 11.6 Å². The summed E-state index contributed by atoms with van der Waals surface area (Å²) in [6, 6.07) is 10.4. The summed E-state index contributed by atoms with van der Waals surface area (Å²) in [6.07, 6.45) is -4.30. The van der Waals surface area contributed by atoms with Crippen molar-refractivity contribution in [3.05, 3.63) is 56.6 Å². The molecule has 0 heterocycles. The Kier molecular flexibility index (Phi) is 3.87. The summed E-state index contributed by atoms with van der Waals surface area (Å²) in [5.41, 5.74) is 0.860. The van der Waals surface area contributed by atoms with Crippen molar-refractivity contribution >= 4 is 34.2 Å². The van der Waals surface area contributed by atoms with Gasteiger partial charge in [-0.3, -0.25) is 0 Å². The van der Waals surface area contributed by atoms with Crippen LogP contribution >= 0.6 is 34.2 Å². The van der Waals surface area contributed by atoms with Crippen LogP contribution in [0.3, 0.4) is 0 Å². The molecule has 0 atom stereocenters. The molecular weight excluding hydrogens is 375 g/mol. The Bertz CT molecular complexity index is 561. The lowest BCUT2D eigenvalue weighted by molar-refractivity contribution is -0.137. The molecule has 5 heteroatoms. The first-order valence-electron chi connectivity index (χ1n) is 5.00. The number of rotatable bonds is 1. The highest BCUT2D eigenvalue weighted by molar-refractivity contribution is 14.1. The summed E-state index contributed by atoms with van der Waals surface area (Å²) in [5.74, 6) is 0. The summed E-state index contributed by atoms with van der Waals surface area (Å²) in [7, 11) is 0. The minimum absolute atomic E-state index is 0.591. The van der Waals surface area contributed by atoms with Crippen molar-refractivity contribution in [1.29, 1.82) is 0 Å². The molecule has 2 aromatic carbocycles. The van der Waals surface area contributed by atoms with E-state index in [-0.39, 0.29) is 0 Å². The second-order valence-corrected chi connectivity index (χ2v) is 5.27. The Morgan fingerprint density at radius 1 is 0.889 bits per heavy atom. The van der Waals surface area contributed by atoms with Gasteiger partial charge in [0.15, 0.2) is 0 Å². The van der Waals surface area contributed by atoms with E-state index < -0.39 is 11.7 Å². The summed E-state index contributed by atoms with van der Waals surface area (Å²) in [6.45, 7) is 0. The van der Waals surface area contributed by atoms with E-state index in [2.05, 4.69) is 22.6 Å². The lowest BCUT2D eigenvalue weighted by Gasteiger charge is -2.08. The van der Waals surface area contributed by atoms with Gasteiger partial charge in [0.25, 0.3) is 0 Å². The summed E-state index contributed by atoms with van der Waals surface area (Å²) >= 11 is 8.08. The molecule has 0 aliphatic carbocycles. The van der Waals surface area contributed by atoms with Crippen LogP contribution in [0.1, 0.15) is 5.56 Å². The minimum Gasteiger partial charge on any atom is -0.166 e. The Morgan fingerprint density at radius 3 is 1.94 bits per heavy atom. The number of benzene rings is 2. The zero-order chi connectivity index (χ0) is 13.3. The van der Waals surface area contributed by atoms with Crippen LogP contribution in [0.2, 0.25) is 5.02 Å². The first kappa shape index (κ1) is 13.7. The molecule has 0 fully saturated rings. The van der Waals surface area contributed by atoms with Gasteiger partial charge in [0.05, 0.1) is 10.6 Å². The van der Waals surface area contributed by atoms with E-state index in [0.717, 1.165) is 21.3 Å². The van der Waals surface area contributed by atoms with Gasteiger partial charge in [-0.05, 0) is 58.0 Å². The molecule has 94 valence electrons. The molecule has 0 aliphatic rings. The van der Waals surface area contributed by atoms with Crippen LogP contribution in [0, 0.1) is 3.57 Å². The number of alkyl halides is 3. The molecule has 0 bridgehead atoms. The normalized spacial score (nSPS) is 11.6. The maximum absolute atomic E-state index is 12.4. The number of halogens is 5. The van der Waals surface area contributed by atoms with Gasteiger partial charge in [-0.15, -0.1) is 0 Å². The molecule has 0 nitrogen and oxygen atoms in total. The maximum Gasteiger partial charge on any atom is 0.416 e. The predicted molar refractivity (Wildman–Crippen MR) is 74.6 cm³/mol. The minimum atomic E-state index is -4.30. The van der Waals surface area contributed by atoms with Gasteiger partial charge in [-0.2, -0.15) is 13.2 Å². The van der Waals surface area contributed by atoms with Crippen LogP contribution < -0.4 is 0 Å². The highest BCUT2D eigenvalue weighted by Gasteiger charge is 2.29. The Labute approximate surface area is 121 Å². The molecule has 0 unspecified atom stereocenters. The van der Waals surface area contributed by atoms with Gasteiger partial charge < -0.3 is 0 Å². The maximum atomic E-state index is 12.4. The third-order valence-corrected chi connectivity index (χ3v) is 4.04. The van der Waals surface area contributed by atoms with Crippen molar-refractivity contribution in [2.45, 2.75) is 6.18 Å². The second-order valence-electron chi connectivity index (χ2n) is 3.70. The van der Waals surface area contributed by atoms with Crippen LogP contribution in [-0.2, 0) is 6.18 Å². The second kappa shape index (κ2) is 5.09. The van der Waals surface area contributed by atoms with E-state index in [0.29, 0.717) is 10.6 Å². The topological polar surface area (TPSA) is 0 Å². The van der Waals surface area contributed by atoms with Gasteiger partial charge in [0.1, 0.15) is 0 Å². The molecule has 0 saturated heterocycles. The van der Waals surface area contributed by atoms with E-state index in [1.807, 2.05) is 12.1 Å². The smallest absolute Gasteiger partial charge is 0.166 e. The molecule has 2 aromatic rings. The van der Waals surface area contributed by atoms with Crippen molar-refractivity contribution in [3.8, 4) is 11.1 Å². The zero-order valence-electron chi connectivity index (χ0n) is 8.93. The Balaban J connectivity index is 2.37. The zero-order valence-corrected chi connectivity index (χ0v) is 11.8. The largest absolute Gasteiger partial charge is 0.416 e. The molecule has 0 amide bonds. The molecule has 0 saturated carbocycles. The molecule has 0 aromatic heterocycles. The fourth-order valence-corrected chi connectivity index (χ4v) is 2.04. The lowest BCUT2D eigenvalue weighted by Crippen LogP contribution is -2.03. The van der Waals surface area contributed by atoms with Gasteiger partial charge in [0.2, 0.25) is 0 Å². The molecule has 0 spiro atoms. The predicted octanol–water partition coefficient (Wildman–Crippen LogP) is 5.63. The fraction of sp³-hybridized carbons (Fsp3) is 0.0769. The van der Waals surface area contributed by atoms with E-state index in [1.54, 1.807) is 6.07 Å². The summed E-state index contributed by atoms with van der Waals surface area (Å²) in [5, 5.41) is 0.591. The average molecular weight is 383 g/mol.